The SMILES string of the molecule is COC(=O)[C@@H]1[C@H]2C=C[C@]([C@@H]3O[C@H](COC(=O)c4ccccc4)[C@@H](OC(=O)c4ccccc4)[C@H]3OC(=O)c3ccccc3)(O2)[C@H]1C(=O)OC. The molecule has 0 amide bonds. The molecule has 2 fully saturated rings. The van der Waals surface area contributed by atoms with Gasteiger partial charge < -0.3 is 33.2 Å². The molecule has 3 aliphatic rings. The van der Waals surface area contributed by atoms with Gasteiger partial charge in [0.15, 0.2) is 12.2 Å². The van der Waals surface area contributed by atoms with E-state index in [-0.39, 0.29) is 16.7 Å². The lowest BCUT2D eigenvalue weighted by Gasteiger charge is -2.37. The fourth-order valence-corrected chi connectivity index (χ4v) is 6.45. The minimum Gasteiger partial charge on any atom is -0.469 e. The molecule has 248 valence electrons. The molecule has 12 heteroatoms. The van der Waals surface area contributed by atoms with E-state index in [1.165, 1.54) is 26.4 Å². The second-order valence-corrected chi connectivity index (χ2v) is 11.4. The predicted octanol–water partition coefficient (Wildman–Crippen LogP) is 3.35. The Bertz CT molecular complexity index is 1690. The van der Waals surface area contributed by atoms with Crippen LogP contribution in [0.5, 0.6) is 0 Å². The van der Waals surface area contributed by atoms with Gasteiger partial charge in [0.1, 0.15) is 36.3 Å². The van der Waals surface area contributed by atoms with Crippen LogP contribution in [0.25, 0.3) is 0 Å². The lowest BCUT2D eigenvalue weighted by atomic mass is 9.71. The highest BCUT2D eigenvalue weighted by Crippen LogP contribution is 2.54. The van der Waals surface area contributed by atoms with Crippen LogP contribution in [0.4, 0.5) is 0 Å². The first-order chi connectivity index (χ1) is 23.3. The Morgan fingerprint density at radius 1 is 0.667 bits per heavy atom. The first-order valence-electron chi connectivity index (χ1n) is 15.2. The third-order valence-electron chi connectivity index (χ3n) is 8.66. The topological polar surface area (TPSA) is 150 Å². The summed E-state index contributed by atoms with van der Waals surface area (Å²) >= 11 is 0. The number of carbonyl (C=O) groups is 5. The number of ether oxygens (including phenoxy) is 7. The monoisotopic (exact) mass is 656 g/mol. The highest BCUT2D eigenvalue weighted by molar-refractivity contribution is 5.91. The number of fused-ring (bicyclic) bond motifs is 2. The van der Waals surface area contributed by atoms with Crippen LogP contribution < -0.4 is 0 Å². The zero-order valence-corrected chi connectivity index (χ0v) is 26.0. The Labute approximate surface area is 275 Å². The van der Waals surface area contributed by atoms with Crippen LogP contribution in [0, 0.1) is 11.8 Å². The van der Waals surface area contributed by atoms with Gasteiger partial charge in [-0.2, -0.15) is 0 Å². The fourth-order valence-electron chi connectivity index (χ4n) is 6.45. The first-order valence-corrected chi connectivity index (χ1v) is 15.2. The number of hydrogen-bond donors (Lipinski definition) is 0. The number of carbonyl (C=O) groups excluding carboxylic acids is 5. The van der Waals surface area contributed by atoms with E-state index in [9.17, 15) is 24.0 Å². The second kappa shape index (κ2) is 13.8. The fraction of sp³-hybridized carbons (Fsp3) is 0.306. The summed E-state index contributed by atoms with van der Waals surface area (Å²) in [6.45, 7) is -0.442. The highest BCUT2D eigenvalue weighted by atomic mass is 16.7. The van der Waals surface area contributed by atoms with Crippen LogP contribution in [-0.2, 0) is 42.7 Å². The van der Waals surface area contributed by atoms with Gasteiger partial charge in [-0.1, -0.05) is 66.7 Å². The molecule has 0 aliphatic carbocycles. The van der Waals surface area contributed by atoms with Crippen LogP contribution in [0.1, 0.15) is 31.1 Å². The summed E-state index contributed by atoms with van der Waals surface area (Å²) in [5.41, 5.74) is -1.09. The number of benzene rings is 3. The van der Waals surface area contributed by atoms with Crippen molar-refractivity contribution in [2.45, 2.75) is 36.1 Å². The van der Waals surface area contributed by atoms with Crippen molar-refractivity contribution in [1.82, 2.24) is 0 Å². The molecule has 3 aliphatic heterocycles. The van der Waals surface area contributed by atoms with E-state index >= 15 is 0 Å². The summed E-state index contributed by atoms with van der Waals surface area (Å²) in [6.07, 6.45) is -3.15. The third kappa shape index (κ3) is 6.07. The summed E-state index contributed by atoms with van der Waals surface area (Å²) in [7, 11) is 2.35. The summed E-state index contributed by atoms with van der Waals surface area (Å²) < 4.78 is 40.6. The van der Waals surface area contributed by atoms with Crippen molar-refractivity contribution in [3.8, 4) is 0 Å². The molecule has 0 saturated carbocycles. The number of rotatable bonds is 10. The van der Waals surface area contributed by atoms with E-state index in [1.54, 1.807) is 91.0 Å². The van der Waals surface area contributed by atoms with Gasteiger partial charge in [-0.25, -0.2) is 14.4 Å². The molecule has 6 rings (SSSR count). The average Bonchev–Trinajstić information content (AvgIpc) is 3.82. The van der Waals surface area contributed by atoms with Gasteiger partial charge in [-0.15, -0.1) is 0 Å². The zero-order chi connectivity index (χ0) is 33.8. The van der Waals surface area contributed by atoms with Gasteiger partial charge in [0.2, 0.25) is 0 Å². The molecular weight excluding hydrogens is 624 g/mol. The van der Waals surface area contributed by atoms with Crippen molar-refractivity contribution in [2.75, 3.05) is 20.8 Å². The number of hydrogen-bond acceptors (Lipinski definition) is 12. The summed E-state index contributed by atoms with van der Waals surface area (Å²) in [5.74, 6) is -6.19. The van der Waals surface area contributed by atoms with Gasteiger partial charge in [0.25, 0.3) is 0 Å². The first kappa shape index (κ1) is 32.6. The minimum absolute atomic E-state index is 0.185. The zero-order valence-electron chi connectivity index (χ0n) is 26.0. The highest BCUT2D eigenvalue weighted by Gasteiger charge is 2.71. The van der Waals surface area contributed by atoms with E-state index in [0.717, 1.165) is 0 Å². The maximum atomic E-state index is 13.6. The van der Waals surface area contributed by atoms with Gasteiger partial charge >= 0.3 is 29.8 Å². The lowest BCUT2D eigenvalue weighted by molar-refractivity contribution is -0.167. The molecular formula is C36H32O12. The molecule has 3 aromatic carbocycles. The maximum absolute atomic E-state index is 13.6. The summed E-state index contributed by atoms with van der Waals surface area (Å²) in [4.78, 5) is 66.4. The van der Waals surface area contributed by atoms with Crippen molar-refractivity contribution >= 4 is 29.8 Å². The van der Waals surface area contributed by atoms with Gasteiger partial charge in [-0.3, -0.25) is 9.59 Å². The standard InChI is InChI=1S/C36H32O12/c1-42-34(40)26-24-18-19-36(48-24,27(26)35(41)43-2)30-29(47-33(39)23-16-10-5-11-17-23)28(46-32(38)22-14-8-4-9-15-22)25(45-30)20-44-31(37)21-12-6-3-7-13-21/h3-19,24-30H,20H2,1-2H3/t24-,25-,26-,27-,28-,29-,30-,36+/m1/s1. The van der Waals surface area contributed by atoms with Crippen molar-refractivity contribution in [2.24, 2.45) is 11.8 Å². The van der Waals surface area contributed by atoms with Gasteiger partial charge in [0, 0.05) is 0 Å². The second-order valence-electron chi connectivity index (χ2n) is 11.4. The van der Waals surface area contributed by atoms with Crippen LogP contribution >= 0.6 is 0 Å². The molecule has 0 spiro atoms. The maximum Gasteiger partial charge on any atom is 0.338 e. The largest absolute Gasteiger partial charge is 0.469 e. The summed E-state index contributed by atoms with van der Waals surface area (Å²) in [5, 5.41) is 0. The normalized spacial score (nSPS) is 28.3. The number of methoxy groups -OCH3 is 2. The Hall–Kier alpha value is -5.33. The molecule has 3 heterocycles. The van der Waals surface area contributed by atoms with Crippen molar-refractivity contribution in [3.63, 3.8) is 0 Å². The van der Waals surface area contributed by atoms with E-state index in [0.29, 0.717) is 0 Å². The Morgan fingerprint density at radius 2 is 1.17 bits per heavy atom. The Balaban J connectivity index is 1.41. The molecule has 3 aromatic rings. The van der Waals surface area contributed by atoms with Crippen LogP contribution in [0.15, 0.2) is 103 Å². The third-order valence-corrected chi connectivity index (χ3v) is 8.66. The quantitative estimate of drug-likeness (QED) is 0.179. The van der Waals surface area contributed by atoms with E-state index in [1.807, 2.05) is 0 Å². The molecule has 0 N–H and O–H groups in total. The van der Waals surface area contributed by atoms with Gasteiger partial charge in [-0.05, 0) is 36.4 Å². The Kier molecular flexibility index (Phi) is 9.37. The molecule has 12 nitrogen and oxygen atoms in total. The number of esters is 5. The van der Waals surface area contributed by atoms with E-state index < -0.39 is 84.4 Å². The molecule has 2 bridgehead atoms. The average molecular weight is 657 g/mol. The Morgan fingerprint density at radius 3 is 1.69 bits per heavy atom. The van der Waals surface area contributed by atoms with Crippen molar-refractivity contribution in [1.29, 1.82) is 0 Å². The van der Waals surface area contributed by atoms with E-state index in [2.05, 4.69) is 0 Å². The summed E-state index contributed by atoms with van der Waals surface area (Å²) in [6, 6.07) is 24.5. The van der Waals surface area contributed by atoms with Gasteiger partial charge in [0.05, 0.1) is 37.0 Å². The smallest absolute Gasteiger partial charge is 0.338 e. The van der Waals surface area contributed by atoms with Crippen LogP contribution in [0.2, 0.25) is 0 Å². The molecule has 8 atom stereocenters. The lowest BCUT2D eigenvalue weighted by Crippen LogP contribution is -2.56. The molecule has 0 radical (unpaired) electrons. The van der Waals surface area contributed by atoms with Crippen molar-refractivity contribution in [3.05, 3.63) is 120 Å². The van der Waals surface area contributed by atoms with E-state index in [4.69, 9.17) is 33.2 Å². The van der Waals surface area contributed by atoms with Crippen LogP contribution in [-0.4, -0.2) is 86.8 Å². The van der Waals surface area contributed by atoms with Crippen LogP contribution in [0.3, 0.4) is 0 Å². The molecule has 2 saturated heterocycles. The molecule has 0 aromatic heterocycles. The van der Waals surface area contributed by atoms with Crippen molar-refractivity contribution < 1.29 is 57.1 Å². The minimum atomic E-state index is -1.74. The predicted molar refractivity (Wildman–Crippen MR) is 164 cm³/mol. The molecule has 0 unspecified atom stereocenters. The molecule has 48 heavy (non-hydrogen) atoms.